The van der Waals surface area contributed by atoms with Gasteiger partial charge in [-0.2, -0.15) is 0 Å². The molecule has 68 valence electrons. The Bertz CT molecular complexity index is 406. The molecule has 0 radical (unpaired) electrons. The quantitative estimate of drug-likeness (QED) is 0.645. The number of rotatable bonds is 2. The summed E-state index contributed by atoms with van der Waals surface area (Å²) in [6, 6.07) is 14.4. The van der Waals surface area contributed by atoms with Gasteiger partial charge in [0.05, 0.1) is 6.61 Å². The summed E-state index contributed by atoms with van der Waals surface area (Å²) >= 11 is 0. The molecule has 1 nitrogen and oxygen atoms in total. The molecule has 0 aliphatic heterocycles. The van der Waals surface area contributed by atoms with Crippen molar-refractivity contribution < 1.29 is 4.74 Å². The van der Waals surface area contributed by atoms with E-state index in [2.05, 4.69) is 18.2 Å². The third kappa shape index (κ3) is 2.12. The molecular weight excluding hydrogens is 167 g/mol. The van der Waals surface area contributed by atoms with E-state index in [4.69, 9.17) is 4.74 Å². The second kappa shape index (κ2) is 5.10. The van der Waals surface area contributed by atoms with E-state index >= 15 is 0 Å². The van der Waals surface area contributed by atoms with E-state index in [1.807, 2.05) is 31.2 Å². The Morgan fingerprint density at radius 2 is 1.71 bits per heavy atom. The zero-order chi connectivity index (χ0) is 9.10. The van der Waals surface area contributed by atoms with Gasteiger partial charge in [-0.25, -0.2) is 0 Å². The summed E-state index contributed by atoms with van der Waals surface area (Å²) in [7, 11) is 0. The topological polar surface area (TPSA) is 9.23 Å². The van der Waals surface area contributed by atoms with Crippen LogP contribution in [0.3, 0.4) is 0 Å². The first kappa shape index (κ1) is 11.2. The summed E-state index contributed by atoms with van der Waals surface area (Å²) in [4.78, 5) is 0. The van der Waals surface area contributed by atoms with E-state index < -0.39 is 0 Å². The van der Waals surface area contributed by atoms with Gasteiger partial charge >= 0.3 is 18.9 Å². The fraction of sp³-hybridized carbons (Fsp3) is 0.167. The van der Waals surface area contributed by atoms with Crippen molar-refractivity contribution in [1.29, 1.82) is 0 Å². The van der Waals surface area contributed by atoms with Crippen LogP contribution in [0.15, 0.2) is 42.5 Å². The van der Waals surface area contributed by atoms with Crippen molar-refractivity contribution in [3.8, 4) is 5.75 Å². The third-order valence-electron chi connectivity index (χ3n) is 2.05. The minimum atomic E-state index is 0. The third-order valence-corrected chi connectivity index (χ3v) is 2.05. The molecule has 0 aromatic heterocycles. The van der Waals surface area contributed by atoms with E-state index in [0.29, 0.717) is 6.61 Å². The molecule has 2 aromatic carbocycles. The maximum absolute atomic E-state index is 5.52. The molecule has 0 aliphatic rings. The van der Waals surface area contributed by atoms with Gasteiger partial charge in [-0.1, -0.05) is 36.4 Å². The van der Waals surface area contributed by atoms with Crippen molar-refractivity contribution in [3.05, 3.63) is 42.5 Å². The van der Waals surface area contributed by atoms with Crippen LogP contribution in [0.25, 0.3) is 10.8 Å². The van der Waals surface area contributed by atoms with Gasteiger partial charge in [0.15, 0.2) is 0 Å². The van der Waals surface area contributed by atoms with E-state index in [9.17, 15) is 0 Å². The van der Waals surface area contributed by atoms with Crippen LogP contribution in [-0.2, 0) is 0 Å². The molecule has 0 unspecified atom stereocenters. The maximum atomic E-state index is 5.52. The van der Waals surface area contributed by atoms with Gasteiger partial charge in [0.2, 0.25) is 0 Å². The standard InChI is InChI=1S/C12H12O.Li.H/c1-2-13-12-9-5-7-10-6-3-4-8-11(10)12;;/h3-9H,2H2,1H3;;. The van der Waals surface area contributed by atoms with Crippen molar-refractivity contribution in [1.82, 2.24) is 0 Å². The van der Waals surface area contributed by atoms with Crippen molar-refractivity contribution in [2.75, 3.05) is 6.61 Å². The molecule has 0 N–H and O–H groups in total. The predicted octanol–water partition coefficient (Wildman–Crippen LogP) is 2.59. The Labute approximate surface area is 96.3 Å². The number of benzene rings is 2. The van der Waals surface area contributed by atoms with Gasteiger partial charge in [0, 0.05) is 5.39 Å². The molecular formula is C12H13LiO. The fourth-order valence-corrected chi connectivity index (χ4v) is 1.48. The molecule has 2 aromatic rings. The molecule has 0 fully saturated rings. The molecule has 2 heteroatoms. The molecule has 0 bridgehead atoms. The first-order valence-electron chi connectivity index (χ1n) is 4.52. The van der Waals surface area contributed by atoms with Crippen LogP contribution in [0.5, 0.6) is 5.75 Å². The molecule has 0 spiro atoms. The normalized spacial score (nSPS) is 9.50. The van der Waals surface area contributed by atoms with Crippen LogP contribution in [0, 0.1) is 0 Å². The fourth-order valence-electron chi connectivity index (χ4n) is 1.48. The molecule has 2 rings (SSSR count). The number of hydrogen-bond acceptors (Lipinski definition) is 1. The summed E-state index contributed by atoms with van der Waals surface area (Å²) in [5.74, 6) is 0.973. The minimum absolute atomic E-state index is 0. The summed E-state index contributed by atoms with van der Waals surface area (Å²) in [5.41, 5.74) is 0. The van der Waals surface area contributed by atoms with Crippen molar-refractivity contribution >= 4 is 29.6 Å². The van der Waals surface area contributed by atoms with E-state index in [1.54, 1.807) is 0 Å². The molecule has 0 aliphatic carbocycles. The van der Waals surface area contributed by atoms with Crippen molar-refractivity contribution in [3.63, 3.8) is 0 Å². The Morgan fingerprint density at radius 1 is 1.00 bits per heavy atom. The summed E-state index contributed by atoms with van der Waals surface area (Å²) in [6.07, 6.45) is 0. The van der Waals surface area contributed by atoms with Crippen LogP contribution in [0.4, 0.5) is 0 Å². The number of fused-ring (bicyclic) bond motifs is 1. The Hall–Kier alpha value is -0.903. The van der Waals surface area contributed by atoms with E-state index in [-0.39, 0.29) is 18.9 Å². The van der Waals surface area contributed by atoms with Crippen molar-refractivity contribution in [2.24, 2.45) is 0 Å². The first-order chi connectivity index (χ1) is 6.42. The zero-order valence-corrected chi connectivity index (χ0v) is 7.66. The van der Waals surface area contributed by atoms with Crippen LogP contribution >= 0.6 is 0 Å². The molecule has 0 amide bonds. The molecule has 0 saturated heterocycles. The van der Waals surface area contributed by atoms with E-state index in [0.717, 1.165) is 5.75 Å². The summed E-state index contributed by atoms with van der Waals surface area (Å²) in [6.45, 7) is 2.72. The van der Waals surface area contributed by atoms with Gasteiger partial charge in [-0.05, 0) is 18.4 Å². The van der Waals surface area contributed by atoms with Gasteiger partial charge in [0.1, 0.15) is 5.75 Å². The van der Waals surface area contributed by atoms with Gasteiger partial charge < -0.3 is 4.74 Å². The monoisotopic (exact) mass is 180 g/mol. The van der Waals surface area contributed by atoms with Crippen LogP contribution in [0.2, 0.25) is 0 Å². The summed E-state index contributed by atoms with van der Waals surface area (Å²) in [5, 5.41) is 2.42. The van der Waals surface area contributed by atoms with Gasteiger partial charge in [-0.15, -0.1) is 0 Å². The zero-order valence-electron chi connectivity index (χ0n) is 7.66. The molecule has 0 saturated carbocycles. The average Bonchev–Trinajstić information content (AvgIpc) is 2.19. The second-order valence-corrected chi connectivity index (χ2v) is 2.91. The van der Waals surface area contributed by atoms with Gasteiger partial charge in [-0.3, -0.25) is 0 Å². The molecule has 14 heavy (non-hydrogen) atoms. The van der Waals surface area contributed by atoms with Gasteiger partial charge in [0.25, 0.3) is 0 Å². The van der Waals surface area contributed by atoms with Crippen molar-refractivity contribution in [2.45, 2.75) is 6.92 Å². The first-order valence-corrected chi connectivity index (χ1v) is 4.52. The predicted molar refractivity (Wildman–Crippen MR) is 62.3 cm³/mol. The Morgan fingerprint density at radius 3 is 2.50 bits per heavy atom. The number of ether oxygens (including phenoxy) is 1. The Kier molecular flexibility index (Phi) is 4.07. The van der Waals surface area contributed by atoms with Crippen LogP contribution in [0.1, 0.15) is 6.92 Å². The van der Waals surface area contributed by atoms with E-state index in [1.165, 1.54) is 10.8 Å². The molecule has 0 atom stereocenters. The Balaban J connectivity index is 0.000000980. The second-order valence-electron chi connectivity index (χ2n) is 2.91. The SMILES string of the molecule is CCOc1cccc2ccccc12.[LiH]. The van der Waals surface area contributed by atoms with Crippen LogP contribution < -0.4 is 4.74 Å². The number of hydrogen-bond donors (Lipinski definition) is 0. The average molecular weight is 180 g/mol. The molecule has 0 heterocycles. The van der Waals surface area contributed by atoms with Crippen LogP contribution in [-0.4, -0.2) is 25.5 Å². The summed E-state index contributed by atoms with van der Waals surface area (Å²) < 4.78 is 5.52.